The second-order valence-electron chi connectivity index (χ2n) is 4.60. The number of nitrogens with one attached hydrogen (secondary N) is 1. The third kappa shape index (κ3) is 1.95. The van der Waals surface area contributed by atoms with Crippen LogP contribution >= 0.6 is 0 Å². The molecule has 2 heterocycles. The van der Waals surface area contributed by atoms with Gasteiger partial charge in [-0.25, -0.2) is 4.98 Å². The number of nitrogens with zero attached hydrogens (tertiary/aromatic N) is 3. The number of hydrogen-bond acceptors (Lipinski definition) is 6. The number of benzene rings is 1. The van der Waals surface area contributed by atoms with Crippen LogP contribution in [0, 0.1) is 6.92 Å². The Labute approximate surface area is 115 Å². The highest BCUT2D eigenvalue weighted by Crippen LogP contribution is 2.23. The van der Waals surface area contributed by atoms with Crippen molar-refractivity contribution in [3.8, 4) is 0 Å². The van der Waals surface area contributed by atoms with E-state index in [9.17, 15) is 0 Å². The van der Waals surface area contributed by atoms with Gasteiger partial charge in [-0.1, -0.05) is 6.07 Å². The van der Waals surface area contributed by atoms with E-state index in [1.807, 2.05) is 25.1 Å². The predicted octanol–water partition coefficient (Wildman–Crippen LogP) is 1.53. The number of anilines is 5. The number of fused-ring (bicyclic) bond motifs is 1. The van der Waals surface area contributed by atoms with Crippen molar-refractivity contribution in [2.45, 2.75) is 6.92 Å². The van der Waals surface area contributed by atoms with Gasteiger partial charge >= 0.3 is 0 Å². The average molecular weight is 269 g/mol. The van der Waals surface area contributed by atoms with Gasteiger partial charge in [-0.15, -0.1) is 5.10 Å². The fourth-order valence-corrected chi connectivity index (χ4v) is 1.94. The molecule has 0 amide bonds. The van der Waals surface area contributed by atoms with Gasteiger partial charge in [0.15, 0.2) is 11.5 Å². The summed E-state index contributed by atoms with van der Waals surface area (Å²) in [5.74, 6) is 1.00. The molecule has 7 nitrogen and oxygen atoms in total. The summed E-state index contributed by atoms with van der Waals surface area (Å²) in [6.07, 6.45) is 1.52. The Balaban J connectivity index is 2.01. The summed E-state index contributed by atoms with van der Waals surface area (Å²) in [4.78, 5) is 4.09. The van der Waals surface area contributed by atoms with Crippen LogP contribution in [-0.4, -0.2) is 14.6 Å². The number of hydrogen-bond donors (Lipinski definition) is 4. The summed E-state index contributed by atoms with van der Waals surface area (Å²) in [7, 11) is 0. The largest absolute Gasteiger partial charge is 0.398 e. The zero-order chi connectivity index (χ0) is 14.3. The highest BCUT2D eigenvalue weighted by molar-refractivity contribution is 5.72. The van der Waals surface area contributed by atoms with Crippen molar-refractivity contribution < 1.29 is 0 Å². The third-order valence-corrected chi connectivity index (χ3v) is 3.07. The lowest BCUT2D eigenvalue weighted by molar-refractivity contribution is 0.954. The molecule has 3 aromatic rings. The van der Waals surface area contributed by atoms with E-state index in [-0.39, 0.29) is 0 Å². The molecule has 0 aliphatic rings. The first-order chi connectivity index (χ1) is 9.54. The first-order valence-corrected chi connectivity index (χ1v) is 6.07. The van der Waals surface area contributed by atoms with Crippen molar-refractivity contribution in [3.63, 3.8) is 0 Å². The minimum Gasteiger partial charge on any atom is -0.398 e. The van der Waals surface area contributed by atoms with Crippen LogP contribution < -0.4 is 22.5 Å². The summed E-state index contributed by atoms with van der Waals surface area (Å²) in [6.45, 7) is 1.95. The lowest BCUT2D eigenvalue weighted by atomic mass is 10.2. The molecule has 0 saturated carbocycles. The maximum Gasteiger partial charge on any atom is 0.179 e. The van der Waals surface area contributed by atoms with Crippen molar-refractivity contribution in [1.29, 1.82) is 0 Å². The number of imidazole rings is 1. The van der Waals surface area contributed by atoms with E-state index < -0.39 is 0 Å². The Hall–Kier alpha value is -2.96. The van der Waals surface area contributed by atoms with Gasteiger partial charge in [-0.05, 0) is 24.6 Å². The minimum atomic E-state index is 0.429. The molecule has 1 aromatic carbocycles. The predicted molar refractivity (Wildman–Crippen MR) is 80.7 cm³/mol. The van der Waals surface area contributed by atoms with Crippen LogP contribution in [0.1, 0.15) is 5.56 Å². The topological polar surface area (TPSA) is 120 Å². The van der Waals surface area contributed by atoms with Crippen molar-refractivity contribution in [2.75, 3.05) is 22.5 Å². The van der Waals surface area contributed by atoms with Crippen molar-refractivity contribution in [1.82, 2.24) is 14.6 Å². The van der Waals surface area contributed by atoms with Crippen molar-refractivity contribution in [3.05, 3.63) is 36.0 Å². The van der Waals surface area contributed by atoms with E-state index in [0.717, 1.165) is 11.3 Å². The zero-order valence-corrected chi connectivity index (χ0v) is 11.0. The minimum absolute atomic E-state index is 0.429. The third-order valence-electron chi connectivity index (χ3n) is 3.07. The van der Waals surface area contributed by atoms with Gasteiger partial charge in [-0.2, -0.15) is 4.52 Å². The van der Waals surface area contributed by atoms with Gasteiger partial charge in [-0.3, -0.25) is 0 Å². The Morgan fingerprint density at radius 1 is 1.10 bits per heavy atom. The van der Waals surface area contributed by atoms with E-state index in [2.05, 4.69) is 15.4 Å². The summed E-state index contributed by atoms with van der Waals surface area (Å²) in [5, 5.41) is 7.49. The molecule has 0 aliphatic carbocycles. The first-order valence-electron chi connectivity index (χ1n) is 6.07. The van der Waals surface area contributed by atoms with E-state index in [4.69, 9.17) is 17.2 Å². The van der Waals surface area contributed by atoms with Crippen LogP contribution in [0.2, 0.25) is 0 Å². The maximum absolute atomic E-state index is 5.93. The summed E-state index contributed by atoms with van der Waals surface area (Å²) < 4.78 is 1.50. The maximum atomic E-state index is 5.93. The molecule has 0 saturated heterocycles. The highest BCUT2D eigenvalue weighted by atomic mass is 15.3. The molecule has 3 rings (SSSR count). The van der Waals surface area contributed by atoms with Gasteiger partial charge in [0.2, 0.25) is 0 Å². The Kier molecular flexibility index (Phi) is 2.60. The molecule has 0 bridgehead atoms. The molecule has 7 N–H and O–H groups in total. The summed E-state index contributed by atoms with van der Waals surface area (Å²) in [6, 6.07) is 7.41. The molecule has 2 aromatic heterocycles. The molecule has 102 valence electrons. The van der Waals surface area contributed by atoms with Gasteiger partial charge in [0, 0.05) is 17.4 Å². The highest BCUT2D eigenvalue weighted by Gasteiger charge is 2.08. The molecule has 0 spiro atoms. The SMILES string of the molecule is Cc1ccc(Nc2cc(N)c3ncc(N)n3n2)cc1N. The van der Waals surface area contributed by atoms with Gasteiger partial charge in [0.05, 0.1) is 11.9 Å². The fraction of sp³-hybridized carbons (Fsp3) is 0.0769. The number of aromatic nitrogens is 3. The van der Waals surface area contributed by atoms with E-state index >= 15 is 0 Å². The van der Waals surface area contributed by atoms with Crippen LogP contribution in [0.4, 0.5) is 28.7 Å². The molecule has 0 atom stereocenters. The van der Waals surface area contributed by atoms with E-state index in [1.165, 1.54) is 10.7 Å². The second-order valence-corrected chi connectivity index (χ2v) is 4.60. The Morgan fingerprint density at radius 2 is 1.90 bits per heavy atom. The average Bonchev–Trinajstić information content (AvgIpc) is 2.77. The second kappa shape index (κ2) is 4.30. The molecular formula is C13H15N7. The van der Waals surface area contributed by atoms with E-state index in [1.54, 1.807) is 6.07 Å². The van der Waals surface area contributed by atoms with E-state index in [0.29, 0.717) is 28.7 Å². The number of nitrogen functional groups attached to an aromatic ring is 3. The number of rotatable bonds is 2. The molecule has 20 heavy (non-hydrogen) atoms. The molecule has 0 unspecified atom stereocenters. The number of nitrogens with two attached hydrogens (primary N) is 3. The Bertz CT molecular complexity index is 791. The zero-order valence-electron chi connectivity index (χ0n) is 11.0. The van der Waals surface area contributed by atoms with Gasteiger partial charge in [0.25, 0.3) is 0 Å². The summed E-state index contributed by atoms with van der Waals surface area (Å²) >= 11 is 0. The van der Waals surface area contributed by atoms with Crippen molar-refractivity contribution in [2.24, 2.45) is 0 Å². The first kappa shape index (κ1) is 12.1. The molecule has 0 fully saturated rings. The van der Waals surface area contributed by atoms with Crippen LogP contribution in [-0.2, 0) is 0 Å². The Morgan fingerprint density at radius 3 is 2.65 bits per heavy atom. The van der Waals surface area contributed by atoms with Crippen LogP contribution in [0.5, 0.6) is 0 Å². The van der Waals surface area contributed by atoms with Crippen molar-refractivity contribution >= 4 is 34.3 Å². The van der Waals surface area contributed by atoms with Crippen LogP contribution in [0.25, 0.3) is 5.65 Å². The smallest absolute Gasteiger partial charge is 0.179 e. The van der Waals surface area contributed by atoms with Crippen LogP contribution in [0.3, 0.4) is 0 Å². The summed E-state index contributed by atoms with van der Waals surface area (Å²) in [5.41, 5.74) is 21.2. The van der Waals surface area contributed by atoms with Gasteiger partial charge < -0.3 is 22.5 Å². The normalized spacial score (nSPS) is 10.8. The molecule has 0 radical (unpaired) electrons. The van der Waals surface area contributed by atoms with Crippen LogP contribution in [0.15, 0.2) is 30.5 Å². The van der Waals surface area contributed by atoms with Gasteiger partial charge in [0.1, 0.15) is 5.82 Å². The fourth-order valence-electron chi connectivity index (χ4n) is 1.94. The quantitative estimate of drug-likeness (QED) is 0.523. The molecule has 0 aliphatic heterocycles. The molecule has 7 heteroatoms. The molecular weight excluding hydrogens is 254 g/mol. The standard InChI is InChI=1S/C13H15N7/c1-7-2-3-8(4-9(7)14)18-12-5-10(15)13-17-6-11(16)20(13)19-12/h2-6H,14-16H2,1H3,(H,18,19). The number of aryl methyl sites for hydroxylation is 1. The monoisotopic (exact) mass is 269 g/mol. The lowest BCUT2D eigenvalue weighted by Gasteiger charge is -2.09. The lowest BCUT2D eigenvalue weighted by Crippen LogP contribution is -2.05.